The van der Waals surface area contributed by atoms with E-state index in [0.29, 0.717) is 27.0 Å². The highest BCUT2D eigenvalue weighted by molar-refractivity contribution is 6.35. The van der Waals surface area contributed by atoms with Gasteiger partial charge in [-0.25, -0.2) is 5.43 Å². The van der Waals surface area contributed by atoms with Gasteiger partial charge in [-0.05, 0) is 35.9 Å². The minimum Gasteiger partial charge on any atom is -0.484 e. The summed E-state index contributed by atoms with van der Waals surface area (Å²) in [5.41, 5.74) is 3.13. The number of amides is 3. The second kappa shape index (κ2) is 10.3. The highest BCUT2D eigenvalue weighted by Crippen LogP contribution is 2.22. The van der Waals surface area contributed by atoms with Crippen molar-refractivity contribution in [2.24, 2.45) is 5.10 Å². The Kier molecular flexibility index (Phi) is 7.79. The van der Waals surface area contributed by atoms with E-state index in [4.69, 9.17) is 27.9 Å². The van der Waals surface area contributed by atoms with E-state index in [1.165, 1.54) is 13.3 Å². The van der Waals surface area contributed by atoms with Crippen LogP contribution in [-0.2, 0) is 14.4 Å². The highest BCUT2D eigenvalue weighted by Gasteiger charge is 2.09. The molecule has 0 saturated heterocycles. The van der Waals surface area contributed by atoms with Gasteiger partial charge in [-0.3, -0.25) is 14.4 Å². The van der Waals surface area contributed by atoms with Crippen LogP contribution in [0.25, 0.3) is 0 Å². The molecule has 28 heavy (non-hydrogen) atoms. The predicted octanol–water partition coefficient (Wildman–Crippen LogP) is 2.21. The molecule has 146 valence electrons. The van der Waals surface area contributed by atoms with Crippen LogP contribution in [0.4, 0.5) is 5.69 Å². The molecule has 0 aliphatic carbocycles. The van der Waals surface area contributed by atoms with Gasteiger partial charge in [0.25, 0.3) is 5.91 Å². The zero-order chi connectivity index (χ0) is 20.5. The third kappa shape index (κ3) is 6.90. The summed E-state index contributed by atoms with van der Waals surface area (Å²) in [6.45, 7) is -0.238. The van der Waals surface area contributed by atoms with E-state index in [-0.39, 0.29) is 6.61 Å². The first-order valence-electron chi connectivity index (χ1n) is 7.91. The topological polar surface area (TPSA) is 109 Å². The number of anilines is 1. The Morgan fingerprint density at radius 2 is 1.79 bits per heavy atom. The fourth-order valence-corrected chi connectivity index (χ4v) is 2.51. The van der Waals surface area contributed by atoms with Gasteiger partial charge in [0, 0.05) is 22.8 Å². The second-order valence-corrected chi connectivity index (χ2v) is 6.22. The van der Waals surface area contributed by atoms with Gasteiger partial charge in [-0.15, -0.1) is 0 Å². The number of benzene rings is 2. The number of hydrogen-bond donors (Lipinski definition) is 3. The van der Waals surface area contributed by atoms with Gasteiger partial charge in [0.2, 0.25) is 0 Å². The number of ether oxygens (including phenoxy) is 1. The summed E-state index contributed by atoms with van der Waals surface area (Å²) in [7, 11) is 1.34. The van der Waals surface area contributed by atoms with E-state index in [2.05, 4.69) is 21.2 Å². The number of rotatable bonds is 6. The quantitative estimate of drug-likeness (QED) is 0.376. The Morgan fingerprint density at radius 3 is 2.46 bits per heavy atom. The van der Waals surface area contributed by atoms with Gasteiger partial charge >= 0.3 is 11.8 Å². The van der Waals surface area contributed by atoms with E-state index in [1.807, 2.05) is 0 Å². The number of hydrazone groups is 1. The van der Waals surface area contributed by atoms with Crippen molar-refractivity contribution in [3.8, 4) is 5.75 Å². The molecule has 0 spiro atoms. The van der Waals surface area contributed by atoms with Crippen molar-refractivity contribution in [2.45, 2.75) is 0 Å². The smallest absolute Gasteiger partial charge is 0.329 e. The first-order chi connectivity index (χ1) is 13.4. The number of halogens is 2. The van der Waals surface area contributed by atoms with E-state index >= 15 is 0 Å². The molecule has 10 heteroatoms. The first-order valence-corrected chi connectivity index (χ1v) is 8.67. The maximum Gasteiger partial charge on any atom is 0.329 e. The molecule has 3 amide bonds. The molecule has 0 aliphatic rings. The van der Waals surface area contributed by atoms with Crippen LogP contribution in [0.15, 0.2) is 47.6 Å². The normalized spacial score (nSPS) is 10.4. The van der Waals surface area contributed by atoms with E-state index in [0.717, 1.165) is 0 Å². The summed E-state index contributed by atoms with van der Waals surface area (Å²) in [6.07, 6.45) is 1.34. The number of nitrogens with zero attached hydrogens (tertiary/aromatic N) is 1. The van der Waals surface area contributed by atoms with E-state index < -0.39 is 17.7 Å². The summed E-state index contributed by atoms with van der Waals surface area (Å²) in [4.78, 5) is 34.3. The molecule has 3 N–H and O–H groups in total. The van der Waals surface area contributed by atoms with Crippen molar-refractivity contribution in [3.05, 3.63) is 58.1 Å². The molecule has 0 aromatic heterocycles. The molecule has 0 unspecified atom stereocenters. The van der Waals surface area contributed by atoms with Crippen LogP contribution < -0.4 is 20.8 Å². The van der Waals surface area contributed by atoms with Gasteiger partial charge in [0.05, 0.1) is 6.21 Å². The summed E-state index contributed by atoms with van der Waals surface area (Å²) in [5.74, 6) is -1.67. The number of likely N-dealkylation sites (N-methyl/N-ethyl adjacent to an activating group) is 1. The van der Waals surface area contributed by atoms with Crippen LogP contribution in [0, 0.1) is 0 Å². The third-order valence-corrected chi connectivity index (χ3v) is 3.62. The van der Waals surface area contributed by atoms with Crippen molar-refractivity contribution in [2.75, 3.05) is 19.0 Å². The average molecular weight is 423 g/mol. The van der Waals surface area contributed by atoms with Gasteiger partial charge in [0.15, 0.2) is 6.61 Å². The number of carbonyl (C=O) groups excluding carboxylic acids is 3. The Bertz CT molecular complexity index is 898. The molecular weight excluding hydrogens is 407 g/mol. The first kappa shape index (κ1) is 21.2. The molecule has 2 aromatic rings. The Labute approximate surface area is 170 Å². The summed E-state index contributed by atoms with van der Waals surface area (Å²) in [5, 5.41) is 9.28. The van der Waals surface area contributed by atoms with Crippen molar-refractivity contribution < 1.29 is 19.1 Å². The lowest BCUT2D eigenvalue weighted by Crippen LogP contribution is -2.35. The number of nitrogens with one attached hydrogen (secondary N) is 3. The van der Waals surface area contributed by atoms with Gasteiger partial charge in [-0.2, -0.15) is 5.10 Å². The maximum atomic E-state index is 12.0. The predicted molar refractivity (Wildman–Crippen MR) is 107 cm³/mol. The number of carbonyl (C=O) groups is 3. The minimum absolute atomic E-state index is 0.238. The van der Waals surface area contributed by atoms with E-state index in [1.54, 1.807) is 42.5 Å². The van der Waals surface area contributed by atoms with Crippen molar-refractivity contribution >= 4 is 52.8 Å². The molecule has 2 aromatic carbocycles. The molecule has 2 rings (SSSR count). The summed E-state index contributed by atoms with van der Waals surface area (Å²) >= 11 is 11.8. The zero-order valence-electron chi connectivity index (χ0n) is 14.7. The minimum atomic E-state index is -0.885. The molecule has 0 radical (unpaired) electrons. The summed E-state index contributed by atoms with van der Waals surface area (Å²) in [6, 6.07) is 11.3. The van der Waals surface area contributed by atoms with Crippen LogP contribution in [0.3, 0.4) is 0 Å². The molecule has 0 atom stereocenters. The SMILES string of the molecule is CNC(=O)C(=O)N/N=C\c1cccc(OCC(=O)Nc2cc(Cl)cc(Cl)c2)c1. The molecule has 0 heterocycles. The molecule has 0 aliphatic heterocycles. The third-order valence-electron chi connectivity index (χ3n) is 3.19. The Balaban J connectivity index is 1.89. The Morgan fingerprint density at radius 1 is 1.07 bits per heavy atom. The van der Waals surface area contributed by atoms with Crippen LogP contribution in [0.2, 0.25) is 10.0 Å². The van der Waals surface area contributed by atoms with Crippen LogP contribution >= 0.6 is 23.2 Å². The number of hydrogen-bond acceptors (Lipinski definition) is 5. The van der Waals surface area contributed by atoms with Crippen molar-refractivity contribution in [3.63, 3.8) is 0 Å². The maximum absolute atomic E-state index is 12.0. The Hall–Kier alpha value is -3.10. The molecule has 0 bridgehead atoms. The lowest BCUT2D eigenvalue weighted by atomic mass is 10.2. The monoisotopic (exact) mass is 422 g/mol. The van der Waals surface area contributed by atoms with Crippen molar-refractivity contribution in [1.29, 1.82) is 0 Å². The lowest BCUT2D eigenvalue weighted by molar-refractivity contribution is -0.138. The fraction of sp³-hybridized carbons (Fsp3) is 0.111. The van der Waals surface area contributed by atoms with Gasteiger partial charge < -0.3 is 15.4 Å². The van der Waals surface area contributed by atoms with E-state index in [9.17, 15) is 14.4 Å². The van der Waals surface area contributed by atoms with Crippen LogP contribution in [0.1, 0.15) is 5.56 Å². The largest absolute Gasteiger partial charge is 0.484 e. The standard InChI is InChI=1S/C18H16Cl2N4O4/c1-21-17(26)18(27)24-22-9-11-3-2-4-15(5-11)28-10-16(25)23-14-7-12(19)6-13(20)8-14/h2-9H,10H2,1H3,(H,21,26)(H,23,25)(H,24,27)/b22-9-. The zero-order valence-corrected chi connectivity index (χ0v) is 16.2. The second-order valence-electron chi connectivity index (χ2n) is 5.35. The molecular formula is C18H16Cl2N4O4. The average Bonchev–Trinajstić information content (AvgIpc) is 2.65. The van der Waals surface area contributed by atoms with Crippen LogP contribution in [-0.4, -0.2) is 37.6 Å². The lowest BCUT2D eigenvalue weighted by Gasteiger charge is -2.08. The molecule has 0 saturated carbocycles. The molecule has 0 fully saturated rings. The summed E-state index contributed by atoms with van der Waals surface area (Å²) < 4.78 is 5.43. The van der Waals surface area contributed by atoms with Crippen molar-refractivity contribution in [1.82, 2.24) is 10.7 Å². The van der Waals surface area contributed by atoms with Crippen LogP contribution in [0.5, 0.6) is 5.75 Å². The highest BCUT2D eigenvalue weighted by atomic mass is 35.5. The fourth-order valence-electron chi connectivity index (χ4n) is 1.99. The van der Waals surface area contributed by atoms with Gasteiger partial charge in [-0.1, -0.05) is 35.3 Å². The molecule has 8 nitrogen and oxygen atoms in total. The van der Waals surface area contributed by atoms with Gasteiger partial charge in [0.1, 0.15) is 5.75 Å².